The molecule has 0 heterocycles. The standard InChI is InChI=1S/C15H6F6O3/c16-8-2-3-9(10(6-8)15(19,20)21)14(23)24-13(22)7-1-4-11(17)12(18)5-7/h1-6H. The maximum absolute atomic E-state index is 13.0. The van der Waals surface area contributed by atoms with Gasteiger partial charge in [0.05, 0.1) is 16.7 Å². The number of alkyl halides is 3. The Labute approximate surface area is 130 Å². The molecule has 24 heavy (non-hydrogen) atoms. The summed E-state index contributed by atoms with van der Waals surface area (Å²) >= 11 is 0. The zero-order valence-corrected chi connectivity index (χ0v) is 11.5. The number of carbonyl (C=O) groups is 2. The van der Waals surface area contributed by atoms with Gasteiger partial charge in [-0.15, -0.1) is 0 Å². The lowest BCUT2D eigenvalue weighted by Gasteiger charge is -2.11. The number of hydrogen-bond donors (Lipinski definition) is 0. The normalized spacial score (nSPS) is 11.2. The number of halogens is 6. The first-order valence-corrected chi connectivity index (χ1v) is 6.18. The van der Waals surface area contributed by atoms with Crippen LogP contribution < -0.4 is 0 Å². The number of ether oxygens (including phenoxy) is 1. The van der Waals surface area contributed by atoms with Crippen molar-refractivity contribution in [2.45, 2.75) is 6.18 Å². The van der Waals surface area contributed by atoms with Gasteiger partial charge >= 0.3 is 18.1 Å². The number of rotatable bonds is 2. The summed E-state index contributed by atoms with van der Waals surface area (Å²) in [5.41, 5.74) is -3.32. The van der Waals surface area contributed by atoms with Crippen molar-refractivity contribution in [1.29, 1.82) is 0 Å². The topological polar surface area (TPSA) is 43.4 Å². The summed E-state index contributed by atoms with van der Waals surface area (Å²) in [6, 6.07) is 2.92. The van der Waals surface area contributed by atoms with Crippen LogP contribution in [0.1, 0.15) is 26.3 Å². The molecule has 0 amide bonds. The highest BCUT2D eigenvalue weighted by Crippen LogP contribution is 2.33. The van der Waals surface area contributed by atoms with E-state index in [1.165, 1.54) is 0 Å². The number of carbonyl (C=O) groups excluding carboxylic acids is 2. The highest BCUT2D eigenvalue weighted by molar-refractivity contribution is 6.03. The van der Waals surface area contributed by atoms with Crippen LogP contribution in [0.2, 0.25) is 0 Å². The average Bonchev–Trinajstić information content (AvgIpc) is 2.48. The third kappa shape index (κ3) is 3.73. The molecule has 2 rings (SSSR count). The van der Waals surface area contributed by atoms with E-state index in [0.717, 1.165) is 6.07 Å². The minimum atomic E-state index is -5.07. The summed E-state index contributed by atoms with van der Waals surface area (Å²) in [6.07, 6.45) is -5.07. The van der Waals surface area contributed by atoms with Gasteiger partial charge in [0.1, 0.15) is 5.82 Å². The molecule has 0 saturated heterocycles. The predicted octanol–water partition coefficient (Wildman–Crippen LogP) is 4.12. The molecule has 0 aliphatic carbocycles. The second-order valence-electron chi connectivity index (χ2n) is 4.49. The first-order valence-electron chi connectivity index (χ1n) is 6.18. The summed E-state index contributed by atoms with van der Waals surface area (Å²) in [4.78, 5) is 23.4. The Hall–Kier alpha value is -2.84. The van der Waals surface area contributed by atoms with Crippen molar-refractivity contribution in [3.05, 3.63) is 70.5 Å². The molecule has 2 aromatic rings. The maximum atomic E-state index is 13.0. The van der Waals surface area contributed by atoms with Crippen LogP contribution in [-0.4, -0.2) is 11.9 Å². The van der Waals surface area contributed by atoms with Crippen molar-refractivity contribution in [3.8, 4) is 0 Å². The fraction of sp³-hybridized carbons (Fsp3) is 0.0667. The lowest BCUT2D eigenvalue weighted by Crippen LogP contribution is -2.18. The molecule has 0 aromatic heterocycles. The molecule has 0 radical (unpaired) electrons. The van der Waals surface area contributed by atoms with Crippen molar-refractivity contribution in [2.24, 2.45) is 0 Å². The Morgan fingerprint density at radius 2 is 1.50 bits per heavy atom. The van der Waals surface area contributed by atoms with E-state index in [9.17, 15) is 35.9 Å². The summed E-state index contributed by atoms with van der Waals surface area (Å²) in [6.45, 7) is 0. The van der Waals surface area contributed by atoms with Crippen LogP contribution in [0.5, 0.6) is 0 Å². The summed E-state index contributed by atoms with van der Waals surface area (Å²) < 4.78 is 81.3. The lowest BCUT2D eigenvalue weighted by molar-refractivity contribution is -0.138. The van der Waals surface area contributed by atoms with E-state index in [4.69, 9.17) is 0 Å². The van der Waals surface area contributed by atoms with E-state index in [0.29, 0.717) is 24.3 Å². The Kier molecular flexibility index (Phi) is 4.63. The van der Waals surface area contributed by atoms with Gasteiger partial charge in [-0.2, -0.15) is 13.2 Å². The van der Waals surface area contributed by atoms with Crippen LogP contribution in [0.4, 0.5) is 26.3 Å². The number of hydrogen-bond acceptors (Lipinski definition) is 3. The molecule has 0 saturated carbocycles. The first-order chi connectivity index (χ1) is 11.1. The molecule has 0 N–H and O–H groups in total. The Balaban J connectivity index is 2.30. The van der Waals surface area contributed by atoms with Gasteiger partial charge in [0, 0.05) is 0 Å². The molecule has 0 aliphatic heterocycles. The molecule has 126 valence electrons. The average molecular weight is 348 g/mol. The van der Waals surface area contributed by atoms with E-state index >= 15 is 0 Å². The third-order valence-corrected chi connectivity index (χ3v) is 2.85. The van der Waals surface area contributed by atoms with Crippen LogP contribution in [0.3, 0.4) is 0 Å². The Morgan fingerprint density at radius 1 is 0.833 bits per heavy atom. The van der Waals surface area contributed by atoms with E-state index < -0.39 is 52.3 Å². The quantitative estimate of drug-likeness (QED) is 0.466. The van der Waals surface area contributed by atoms with Gasteiger partial charge in [0.2, 0.25) is 0 Å². The smallest absolute Gasteiger partial charge is 0.386 e. The van der Waals surface area contributed by atoms with E-state index in [1.807, 2.05) is 0 Å². The van der Waals surface area contributed by atoms with Crippen molar-refractivity contribution in [2.75, 3.05) is 0 Å². The van der Waals surface area contributed by atoms with Crippen LogP contribution in [0.25, 0.3) is 0 Å². The number of benzene rings is 2. The molecule has 0 fully saturated rings. The van der Waals surface area contributed by atoms with E-state index in [-0.39, 0.29) is 6.07 Å². The molecule has 3 nitrogen and oxygen atoms in total. The van der Waals surface area contributed by atoms with E-state index in [1.54, 1.807) is 0 Å². The van der Waals surface area contributed by atoms with Gasteiger partial charge in [0.15, 0.2) is 11.6 Å². The van der Waals surface area contributed by atoms with Crippen LogP contribution in [0.15, 0.2) is 36.4 Å². The van der Waals surface area contributed by atoms with Crippen molar-refractivity contribution < 1.29 is 40.7 Å². The summed E-state index contributed by atoms with van der Waals surface area (Å²) in [5.74, 6) is -7.12. The second-order valence-corrected chi connectivity index (χ2v) is 4.49. The third-order valence-electron chi connectivity index (χ3n) is 2.85. The van der Waals surface area contributed by atoms with Gasteiger partial charge in [-0.05, 0) is 36.4 Å². The molecule has 9 heteroatoms. The fourth-order valence-corrected chi connectivity index (χ4v) is 1.75. The predicted molar refractivity (Wildman–Crippen MR) is 67.5 cm³/mol. The van der Waals surface area contributed by atoms with Gasteiger partial charge in [-0.1, -0.05) is 0 Å². The van der Waals surface area contributed by atoms with Crippen LogP contribution in [0, 0.1) is 17.5 Å². The molecule has 0 atom stereocenters. The SMILES string of the molecule is O=C(OC(=O)c1ccc(F)cc1C(F)(F)F)c1ccc(F)c(F)c1. The molecule has 0 bridgehead atoms. The van der Waals surface area contributed by atoms with Gasteiger partial charge in [-0.25, -0.2) is 22.8 Å². The second kappa shape index (κ2) is 6.34. The Morgan fingerprint density at radius 3 is 2.08 bits per heavy atom. The minimum absolute atomic E-state index is 0.0681. The minimum Gasteiger partial charge on any atom is -0.386 e. The van der Waals surface area contributed by atoms with Crippen molar-refractivity contribution in [1.82, 2.24) is 0 Å². The number of esters is 2. The lowest BCUT2D eigenvalue weighted by atomic mass is 10.1. The molecule has 2 aromatic carbocycles. The Bertz CT molecular complexity index is 813. The highest BCUT2D eigenvalue weighted by Gasteiger charge is 2.36. The van der Waals surface area contributed by atoms with Crippen LogP contribution >= 0.6 is 0 Å². The molecule has 0 unspecified atom stereocenters. The van der Waals surface area contributed by atoms with Gasteiger partial charge in [-0.3, -0.25) is 0 Å². The van der Waals surface area contributed by atoms with Crippen molar-refractivity contribution in [3.63, 3.8) is 0 Å². The van der Waals surface area contributed by atoms with Crippen LogP contribution in [-0.2, 0) is 10.9 Å². The van der Waals surface area contributed by atoms with E-state index in [2.05, 4.69) is 4.74 Å². The molecule has 0 aliphatic rings. The van der Waals surface area contributed by atoms with Gasteiger partial charge < -0.3 is 4.74 Å². The zero-order valence-electron chi connectivity index (χ0n) is 11.5. The summed E-state index contributed by atoms with van der Waals surface area (Å²) in [5, 5.41) is 0. The van der Waals surface area contributed by atoms with Gasteiger partial charge in [0.25, 0.3) is 0 Å². The molecule has 0 spiro atoms. The zero-order chi connectivity index (χ0) is 18.1. The monoisotopic (exact) mass is 348 g/mol. The fourth-order valence-electron chi connectivity index (χ4n) is 1.75. The molecular formula is C15H6F6O3. The maximum Gasteiger partial charge on any atom is 0.417 e. The first kappa shape index (κ1) is 17.5. The highest BCUT2D eigenvalue weighted by atomic mass is 19.4. The van der Waals surface area contributed by atoms with Crippen molar-refractivity contribution >= 4 is 11.9 Å². The summed E-state index contributed by atoms with van der Waals surface area (Å²) in [7, 11) is 0. The molecular weight excluding hydrogens is 342 g/mol. The largest absolute Gasteiger partial charge is 0.417 e.